The normalized spacial score (nSPS) is 11.4. The van der Waals surface area contributed by atoms with Gasteiger partial charge in [-0.15, -0.1) is 0 Å². The molecule has 0 aromatic heterocycles. The molecular weight excluding hydrogens is 336 g/mol. The fourth-order valence-electron chi connectivity index (χ4n) is 3.44. The average Bonchev–Trinajstić information content (AvgIpc) is 2.62. The Balaban J connectivity index is 2.64. The van der Waals surface area contributed by atoms with Crippen LogP contribution in [0.4, 0.5) is 11.4 Å². The molecule has 0 N–H and O–H groups in total. The van der Waals surface area contributed by atoms with Crippen LogP contribution in [0.25, 0.3) is 0 Å². The molecule has 0 amide bonds. The van der Waals surface area contributed by atoms with E-state index in [0.29, 0.717) is 0 Å². The highest BCUT2D eigenvalue weighted by molar-refractivity contribution is 6.06. The molecule has 2 aromatic carbocycles. The van der Waals surface area contributed by atoms with E-state index in [-0.39, 0.29) is 17.5 Å². The number of carbonyl (C=O) groups is 2. The van der Waals surface area contributed by atoms with E-state index in [4.69, 9.17) is 0 Å². The van der Waals surface area contributed by atoms with Crippen molar-refractivity contribution in [3.63, 3.8) is 0 Å². The first-order chi connectivity index (χ1) is 12.6. The lowest BCUT2D eigenvalue weighted by Crippen LogP contribution is -2.40. The smallest absolute Gasteiger partial charge is 0.144 e. The maximum absolute atomic E-state index is 12.6. The monoisotopic (exact) mass is 366 g/mol. The van der Waals surface area contributed by atoms with Gasteiger partial charge in [0.2, 0.25) is 0 Å². The molecule has 0 saturated heterocycles. The fourth-order valence-corrected chi connectivity index (χ4v) is 3.44. The Morgan fingerprint density at radius 2 is 1.00 bits per heavy atom. The van der Waals surface area contributed by atoms with Gasteiger partial charge < -0.3 is 9.80 Å². The minimum Gasteiger partial charge on any atom is -0.378 e. The van der Waals surface area contributed by atoms with Gasteiger partial charge in [-0.25, -0.2) is 0 Å². The van der Waals surface area contributed by atoms with Crippen LogP contribution in [0.15, 0.2) is 48.5 Å². The summed E-state index contributed by atoms with van der Waals surface area (Å²) in [6.45, 7) is 4.79. The number of benzene rings is 2. The van der Waals surface area contributed by atoms with E-state index >= 15 is 0 Å². The summed E-state index contributed by atoms with van der Waals surface area (Å²) in [6, 6.07) is 16.2. The first-order valence-electron chi connectivity index (χ1n) is 9.15. The lowest BCUT2D eigenvalue weighted by Gasteiger charge is -2.34. The third-order valence-electron chi connectivity index (χ3n) is 5.53. The number of Topliss-reactive ketones (excluding diaryl/α,β-unsaturated/α-hetero) is 2. The lowest BCUT2D eigenvalue weighted by molar-refractivity contribution is -0.138. The highest BCUT2D eigenvalue weighted by Gasteiger charge is 2.44. The maximum Gasteiger partial charge on any atom is 0.144 e. The van der Waals surface area contributed by atoms with Crippen molar-refractivity contribution in [2.75, 3.05) is 38.0 Å². The standard InChI is InChI=1S/C23H30N2O2/c1-16(26)23(3,17(2)27)22(18-8-12-20(13-9-18)24(4)5)19-10-14-21(15-11-19)25(6)7/h8-15,22H,1-7H3. The topological polar surface area (TPSA) is 40.6 Å². The van der Waals surface area contributed by atoms with Crippen LogP contribution >= 0.6 is 0 Å². The van der Waals surface area contributed by atoms with Crippen molar-refractivity contribution in [3.8, 4) is 0 Å². The zero-order chi connectivity index (χ0) is 20.4. The summed E-state index contributed by atoms with van der Waals surface area (Å²) >= 11 is 0. The van der Waals surface area contributed by atoms with Crippen molar-refractivity contribution in [2.45, 2.75) is 26.7 Å². The third kappa shape index (κ3) is 4.05. The molecule has 0 heterocycles. The first kappa shape index (κ1) is 20.7. The molecule has 0 bridgehead atoms. The van der Waals surface area contributed by atoms with Crippen LogP contribution in [0.5, 0.6) is 0 Å². The summed E-state index contributed by atoms with van der Waals surface area (Å²) in [5, 5.41) is 0. The van der Waals surface area contributed by atoms with Gasteiger partial charge in [0.25, 0.3) is 0 Å². The Kier molecular flexibility index (Phi) is 6.09. The molecule has 0 saturated carbocycles. The van der Waals surface area contributed by atoms with E-state index in [2.05, 4.69) is 0 Å². The number of anilines is 2. The molecule has 0 radical (unpaired) electrons. The summed E-state index contributed by atoms with van der Waals surface area (Å²) in [6.07, 6.45) is 0. The van der Waals surface area contributed by atoms with Gasteiger partial charge in [0, 0.05) is 45.5 Å². The number of hydrogen-bond acceptors (Lipinski definition) is 4. The van der Waals surface area contributed by atoms with Crippen molar-refractivity contribution >= 4 is 22.9 Å². The average molecular weight is 367 g/mol. The van der Waals surface area contributed by atoms with Gasteiger partial charge in [0.1, 0.15) is 11.6 Å². The Hall–Kier alpha value is -2.62. The molecule has 0 atom stereocenters. The third-order valence-corrected chi connectivity index (χ3v) is 5.53. The van der Waals surface area contributed by atoms with Gasteiger partial charge in [-0.05, 0) is 56.2 Å². The van der Waals surface area contributed by atoms with Crippen LogP contribution in [-0.2, 0) is 9.59 Å². The molecule has 0 aliphatic heterocycles. The number of carbonyl (C=O) groups excluding carboxylic acids is 2. The fraction of sp³-hybridized carbons (Fsp3) is 0.391. The van der Waals surface area contributed by atoms with Gasteiger partial charge in [0.05, 0.1) is 5.41 Å². The minimum absolute atomic E-state index is 0.117. The van der Waals surface area contributed by atoms with Crippen molar-refractivity contribution < 1.29 is 9.59 Å². The Morgan fingerprint density at radius 3 is 1.22 bits per heavy atom. The van der Waals surface area contributed by atoms with E-state index < -0.39 is 5.41 Å². The SMILES string of the molecule is CC(=O)C(C)(C(C)=O)C(c1ccc(N(C)C)cc1)c1ccc(N(C)C)cc1. The predicted molar refractivity (Wildman–Crippen MR) is 113 cm³/mol. The molecule has 2 rings (SSSR count). The molecule has 0 aliphatic rings. The van der Waals surface area contributed by atoms with Crippen molar-refractivity contribution in [1.29, 1.82) is 0 Å². The van der Waals surface area contributed by atoms with Crippen molar-refractivity contribution in [2.24, 2.45) is 5.41 Å². The van der Waals surface area contributed by atoms with E-state index in [1.165, 1.54) is 13.8 Å². The van der Waals surface area contributed by atoms with Crippen LogP contribution in [-0.4, -0.2) is 39.8 Å². The summed E-state index contributed by atoms with van der Waals surface area (Å²) in [7, 11) is 7.95. The lowest BCUT2D eigenvalue weighted by atomic mass is 9.65. The number of nitrogens with zero attached hydrogens (tertiary/aromatic N) is 2. The van der Waals surface area contributed by atoms with E-state index in [1.807, 2.05) is 86.5 Å². The van der Waals surface area contributed by atoms with Crippen LogP contribution in [0.3, 0.4) is 0 Å². The van der Waals surface area contributed by atoms with Gasteiger partial charge >= 0.3 is 0 Å². The van der Waals surface area contributed by atoms with Gasteiger partial charge in [-0.2, -0.15) is 0 Å². The predicted octanol–water partition coefficient (Wildman–Crippen LogP) is 4.13. The molecule has 0 fully saturated rings. The van der Waals surface area contributed by atoms with Crippen molar-refractivity contribution in [1.82, 2.24) is 0 Å². The summed E-state index contributed by atoms with van der Waals surface area (Å²) in [5.74, 6) is -0.568. The second-order valence-electron chi connectivity index (χ2n) is 7.72. The molecule has 4 nitrogen and oxygen atoms in total. The number of ketones is 2. The maximum atomic E-state index is 12.6. The van der Waals surface area contributed by atoms with Crippen LogP contribution < -0.4 is 9.80 Å². The minimum atomic E-state index is -1.11. The Morgan fingerprint density at radius 1 is 0.704 bits per heavy atom. The van der Waals surface area contributed by atoms with Gasteiger partial charge in [-0.3, -0.25) is 9.59 Å². The Bertz CT molecular complexity index is 740. The molecule has 2 aromatic rings. The van der Waals surface area contributed by atoms with Crippen molar-refractivity contribution in [3.05, 3.63) is 59.7 Å². The summed E-state index contributed by atoms with van der Waals surface area (Å²) < 4.78 is 0. The second-order valence-corrected chi connectivity index (χ2v) is 7.72. The first-order valence-corrected chi connectivity index (χ1v) is 9.15. The molecule has 144 valence electrons. The summed E-state index contributed by atoms with van der Waals surface area (Å²) in [5.41, 5.74) is 2.97. The molecule has 27 heavy (non-hydrogen) atoms. The van der Waals surface area contributed by atoms with Crippen LogP contribution in [0, 0.1) is 5.41 Å². The quantitative estimate of drug-likeness (QED) is 0.691. The van der Waals surface area contributed by atoms with E-state index in [1.54, 1.807) is 6.92 Å². The molecular formula is C23H30N2O2. The van der Waals surface area contributed by atoms with Crippen LogP contribution in [0.2, 0.25) is 0 Å². The number of hydrogen-bond donors (Lipinski definition) is 0. The molecule has 0 aliphatic carbocycles. The van der Waals surface area contributed by atoms with Crippen LogP contribution in [0.1, 0.15) is 37.8 Å². The van der Waals surface area contributed by atoms with E-state index in [9.17, 15) is 9.59 Å². The number of rotatable bonds is 7. The molecule has 4 heteroatoms. The second kappa shape index (κ2) is 7.95. The highest BCUT2D eigenvalue weighted by atomic mass is 16.2. The largest absolute Gasteiger partial charge is 0.378 e. The Labute approximate surface area is 162 Å². The zero-order valence-electron chi connectivity index (χ0n) is 17.4. The van der Waals surface area contributed by atoms with E-state index in [0.717, 1.165) is 22.5 Å². The molecule has 0 unspecified atom stereocenters. The van der Waals surface area contributed by atoms with Gasteiger partial charge in [0.15, 0.2) is 0 Å². The summed E-state index contributed by atoms with van der Waals surface area (Å²) in [4.78, 5) is 29.3. The highest BCUT2D eigenvalue weighted by Crippen LogP contribution is 2.43. The zero-order valence-corrected chi connectivity index (χ0v) is 17.4. The molecule has 0 spiro atoms. The van der Waals surface area contributed by atoms with Gasteiger partial charge in [-0.1, -0.05) is 24.3 Å².